The standard InChI is InChI=1S/C17H34O3/c1-20-17(19)15-13-11-9-7-5-3-2-4-6-8-10-12-14-16-18/h18H,2-16H2,1H3. The Kier molecular flexibility index (Phi) is 16.0. The first kappa shape index (κ1) is 19.4. The van der Waals surface area contributed by atoms with E-state index < -0.39 is 0 Å². The van der Waals surface area contributed by atoms with Crippen LogP contribution in [0.25, 0.3) is 0 Å². The molecule has 0 aliphatic heterocycles. The van der Waals surface area contributed by atoms with Gasteiger partial charge in [-0.3, -0.25) is 4.79 Å². The molecule has 0 aliphatic rings. The zero-order valence-electron chi connectivity index (χ0n) is 13.4. The molecule has 1 N–H and O–H groups in total. The fourth-order valence-corrected chi connectivity index (χ4v) is 2.43. The van der Waals surface area contributed by atoms with Crippen LogP contribution in [-0.4, -0.2) is 24.8 Å². The highest BCUT2D eigenvalue weighted by molar-refractivity contribution is 5.68. The summed E-state index contributed by atoms with van der Waals surface area (Å²) in [5.74, 6) is -0.0796. The van der Waals surface area contributed by atoms with Crippen molar-refractivity contribution in [2.24, 2.45) is 0 Å². The molecule has 0 aromatic carbocycles. The molecule has 0 rings (SSSR count). The van der Waals surface area contributed by atoms with Crippen LogP contribution >= 0.6 is 0 Å². The normalized spacial score (nSPS) is 10.7. The summed E-state index contributed by atoms with van der Waals surface area (Å²) in [4.78, 5) is 10.9. The van der Waals surface area contributed by atoms with Gasteiger partial charge in [0.05, 0.1) is 7.11 Å². The van der Waals surface area contributed by atoms with Gasteiger partial charge in [-0.1, -0.05) is 70.6 Å². The maximum absolute atomic E-state index is 10.9. The molecule has 0 radical (unpaired) electrons. The van der Waals surface area contributed by atoms with Gasteiger partial charge >= 0.3 is 5.97 Å². The molecule has 0 saturated heterocycles. The number of carbonyl (C=O) groups is 1. The number of esters is 1. The Morgan fingerprint density at radius 2 is 1.05 bits per heavy atom. The van der Waals surface area contributed by atoms with Crippen LogP contribution in [0.1, 0.15) is 89.9 Å². The van der Waals surface area contributed by atoms with Gasteiger partial charge in [-0.25, -0.2) is 0 Å². The van der Waals surface area contributed by atoms with E-state index in [9.17, 15) is 4.79 Å². The number of hydrogen-bond donors (Lipinski definition) is 1. The van der Waals surface area contributed by atoms with Crippen molar-refractivity contribution < 1.29 is 14.6 Å². The lowest BCUT2D eigenvalue weighted by Crippen LogP contribution is -1.99. The number of hydrogen-bond acceptors (Lipinski definition) is 3. The van der Waals surface area contributed by atoms with Crippen LogP contribution in [-0.2, 0) is 9.53 Å². The van der Waals surface area contributed by atoms with Gasteiger partial charge in [0, 0.05) is 13.0 Å². The zero-order chi connectivity index (χ0) is 14.9. The first-order valence-corrected chi connectivity index (χ1v) is 8.49. The summed E-state index contributed by atoms with van der Waals surface area (Å²) < 4.78 is 4.61. The fraction of sp³-hybridized carbons (Fsp3) is 0.941. The number of unbranched alkanes of at least 4 members (excludes halogenated alkanes) is 12. The second kappa shape index (κ2) is 16.5. The van der Waals surface area contributed by atoms with Crippen molar-refractivity contribution >= 4 is 5.97 Å². The highest BCUT2D eigenvalue weighted by Crippen LogP contribution is 2.12. The van der Waals surface area contributed by atoms with E-state index in [1.807, 2.05) is 0 Å². The van der Waals surface area contributed by atoms with Crippen molar-refractivity contribution in [3.8, 4) is 0 Å². The molecule has 0 aromatic rings. The van der Waals surface area contributed by atoms with Crippen LogP contribution < -0.4 is 0 Å². The summed E-state index contributed by atoms with van der Waals surface area (Å²) in [5, 5.41) is 8.66. The summed E-state index contributed by atoms with van der Waals surface area (Å²) in [6.07, 6.45) is 16.8. The SMILES string of the molecule is COC(=O)CCCCCCCCCCCCCCCO. The summed E-state index contributed by atoms with van der Waals surface area (Å²) in [6, 6.07) is 0. The number of rotatable bonds is 15. The smallest absolute Gasteiger partial charge is 0.305 e. The van der Waals surface area contributed by atoms with Crippen molar-refractivity contribution in [1.82, 2.24) is 0 Å². The molecule has 0 spiro atoms. The molecule has 20 heavy (non-hydrogen) atoms. The van der Waals surface area contributed by atoms with Crippen molar-refractivity contribution in [3.63, 3.8) is 0 Å². The topological polar surface area (TPSA) is 46.5 Å². The van der Waals surface area contributed by atoms with Gasteiger partial charge in [0.2, 0.25) is 0 Å². The molecule has 3 nitrogen and oxygen atoms in total. The third kappa shape index (κ3) is 15.5. The van der Waals surface area contributed by atoms with Crippen LogP contribution in [0.4, 0.5) is 0 Å². The van der Waals surface area contributed by atoms with Gasteiger partial charge < -0.3 is 9.84 Å². The first-order valence-electron chi connectivity index (χ1n) is 8.49. The molecule has 3 heteroatoms. The van der Waals surface area contributed by atoms with E-state index in [1.165, 1.54) is 71.3 Å². The fourth-order valence-electron chi connectivity index (χ4n) is 2.43. The average molecular weight is 286 g/mol. The van der Waals surface area contributed by atoms with Crippen LogP contribution in [0.15, 0.2) is 0 Å². The highest BCUT2D eigenvalue weighted by atomic mass is 16.5. The van der Waals surface area contributed by atoms with Crippen LogP contribution in [0.5, 0.6) is 0 Å². The van der Waals surface area contributed by atoms with Crippen molar-refractivity contribution in [2.75, 3.05) is 13.7 Å². The Bertz CT molecular complexity index is 204. The van der Waals surface area contributed by atoms with Gasteiger partial charge in [-0.05, 0) is 12.8 Å². The summed E-state index contributed by atoms with van der Waals surface area (Å²) in [5.41, 5.74) is 0. The number of aliphatic hydroxyl groups excluding tert-OH is 1. The molecule has 0 aromatic heterocycles. The van der Waals surface area contributed by atoms with E-state index >= 15 is 0 Å². The third-order valence-electron chi connectivity index (χ3n) is 3.77. The summed E-state index contributed by atoms with van der Waals surface area (Å²) >= 11 is 0. The molecule has 120 valence electrons. The maximum Gasteiger partial charge on any atom is 0.305 e. The van der Waals surface area contributed by atoms with Crippen LogP contribution in [0, 0.1) is 0 Å². The lowest BCUT2D eigenvalue weighted by Gasteiger charge is -2.03. The number of carbonyl (C=O) groups excluding carboxylic acids is 1. The predicted molar refractivity (Wildman–Crippen MR) is 83.7 cm³/mol. The number of aliphatic hydroxyl groups is 1. The molecule has 0 aliphatic carbocycles. The quantitative estimate of drug-likeness (QED) is 0.353. The minimum atomic E-state index is -0.0796. The van der Waals surface area contributed by atoms with Gasteiger partial charge in [0.15, 0.2) is 0 Å². The van der Waals surface area contributed by atoms with Gasteiger partial charge in [0.1, 0.15) is 0 Å². The first-order chi connectivity index (χ1) is 9.81. The molecular formula is C17H34O3. The van der Waals surface area contributed by atoms with Gasteiger partial charge in [0.25, 0.3) is 0 Å². The Labute approximate surface area is 125 Å². The Morgan fingerprint density at radius 3 is 1.40 bits per heavy atom. The predicted octanol–water partition coefficient (Wildman–Crippen LogP) is 4.61. The molecule has 0 fully saturated rings. The Hall–Kier alpha value is -0.570. The average Bonchev–Trinajstić information content (AvgIpc) is 2.47. The molecular weight excluding hydrogens is 252 g/mol. The molecule has 0 heterocycles. The molecule has 0 atom stereocenters. The molecule has 0 unspecified atom stereocenters. The molecule has 0 saturated carbocycles. The van der Waals surface area contributed by atoms with Crippen LogP contribution in [0.3, 0.4) is 0 Å². The number of ether oxygens (including phenoxy) is 1. The van der Waals surface area contributed by atoms with E-state index in [1.54, 1.807) is 0 Å². The Balaban J connectivity index is 2.97. The minimum Gasteiger partial charge on any atom is -0.469 e. The van der Waals surface area contributed by atoms with Crippen LogP contribution in [0.2, 0.25) is 0 Å². The minimum absolute atomic E-state index is 0.0796. The van der Waals surface area contributed by atoms with E-state index in [0.717, 1.165) is 19.3 Å². The van der Waals surface area contributed by atoms with E-state index in [-0.39, 0.29) is 5.97 Å². The second-order valence-electron chi connectivity index (χ2n) is 5.65. The largest absolute Gasteiger partial charge is 0.469 e. The third-order valence-corrected chi connectivity index (χ3v) is 3.77. The lowest BCUT2D eigenvalue weighted by atomic mass is 10.0. The van der Waals surface area contributed by atoms with E-state index in [2.05, 4.69) is 4.74 Å². The summed E-state index contributed by atoms with van der Waals surface area (Å²) in [6.45, 7) is 0.347. The zero-order valence-corrected chi connectivity index (χ0v) is 13.4. The monoisotopic (exact) mass is 286 g/mol. The van der Waals surface area contributed by atoms with Crippen molar-refractivity contribution in [1.29, 1.82) is 0 Å². The Morgan fingerprint density at radius 1 is 0.700 bits per heavy atom. The van der Waals surface area contributed by atoms with Gasteiger partial charge in [-0.2, -0.15) is 0 Å². The second-order valence-corrected chi connectivity index (χ2v) is 5.65. The molecule has 0 bridgehead atoms. The van der Waals surface area contributed by atoms with E-state index in [0.29, 0.717) is 13.0 Å². The maximum atomic E-state index is 10.9. The highest BCUT2D eigenvalue weighted by Gasteiger charge is 1.99. The van der Waals surface area contributed by atoms with E-state index in [4.69, 9.17) is 5.11 Å². The van der Waals surface area contributed by atoms with Crippen molar-refractivity contribution in [3.05, 3.63) is 0 Å². The number of methoxy groups -OCH3 is 1. The van der Waals surface area contributed by atoms with Crippen molar-refractivity contribution in [2.45, 2.75) is 89.9 Å². The van der Waals surface area contributed by atoms with Gasteiger partial charge in [-0.15, -0.1) is 0 Å². The summed E-state index contributed by atoms with van der Waals surface area (Å²) in [7, 11) is 1.45. The lowest BCUT2D eigenvalue weighted by molar-refractivity contribution is -0.140. The molecule has 0 amide bonds.